The largest absolute Gasteiger partial charge is 0.336 e. The quantitative estimate of drug-likeness (QED) is 0.646. The van der Waals surface area contributed by atoms with Gasteiger partial charge in [0.25, 0.3) is 5.91 Å². The van der Waals surface area contributed by atoms with Crippen LogP contribution in [-0.2, 0) is 11.8 Å². The van der Waals surface area contributed by atoms with Crippen LogP contribution in [0.25, 0.3) is 11.0 Å². The van der Waals surface area contributed by atoms with Gasteiger partial charge in [-0.25, -0.2) is 9.37 Å². The van der Waals surface area contributed by atoms with Crippen LogP contribution in [0.4, 0.5) is 10.1 Å². The van der Waals surface area contributed by atoms with E-state index in [0.717, 1.165) is 35.3 Å². The number of halogens is 1. The van der Waals surface area contributed by atoms with Crippen molar-refractivity contribution < 1.29 is 14.0 Å². The van der Waals surface area contributed by atoms with Gasteiger partial charge in [-0.05, 0) is 44.0 Å². The molecule has 2 fully saturated rings. The van der Waals surface area contributed by atoms with Crippen LogP contribution in [0.1, 0.15) is 40.5 Å². The molecule has 3 heterocycles. The standard InChI is InChI=1S/C24H27FN6O2/c1-15-22-19(13-20(16-6-7-16)27-23(22)29(2)28-15)24(33)31-10-8-30(9-11-31)14-21(32)26-18-5-3-4-17(25)12-18/h3-5,12-13,16H,6-11,14H2,1-2H3,(H,26,32). The smallest absolute Gasteiger partial charge is 0.254 e. The number of anilines is 1. The van der Waals surface area contributed by atoms with E-state index in [4.69, 9.17) is 4.98 Å². The van der Waals surface area contributed by atoms with E-state index in [-0.39, 0.29) is 24.2 Å². The lowest BCUT2D eigenvalue weighted by atomic mass is 10.1. The highest BCUT2D eigenvalue weighted by Crippen LogP contribution is 2.40. The third-order valence-corrected chi connectivity index (χ3v) is 6.35. The molecule has 3 aromatic rings. The van der Waals surface area contributed by atoms with E-state index in [2.05, 4.69) is 10.4 Å². The second-order valence-corrected chi connectivity index (χ2v) is 8.90. The predicted octanol–water partition coefficient (Wildman–Crippen LogP) is 2.69. The first-order valence-electron chi connectivity index (χ1n) is 11.3. The van der Waals surface area contributed by atoms with Gasteiger partial charge in [-0.15, -0.1) is 0 Å². The van der Waals surface area contributed by atoms with E-state index in [9.17, 15) is 14.0 Å². The molecule has 1 aliphatic heterocycles. The summed E-state index contributed by atoms with van der Waals surface area (Å²) in [6, 6.07) is 7.80. The first-order valence-corrected chi connectivity index (χ1v) is 11.3. The van der Waals surface area contributed by atoms with Crippen LogP contribution >= 0.6 is 0 Å². The Balaban J connectivity index is 1.25. The van der Waals surface area contributed by atoms with Crippen molar-refractivity contribution in [2.24, 2.45) is 7.05 Å². The fourth-order valence-electron chi connectivity index (χ4n) is 4.47. The number of nitrogens with one attached hydrogen (secondary N) is 1. The lowest BCUT2D eigenvalue weighted by Crippen LogP contribution is -2.50. The van der Waals surface area contributed by atoms with Crippen molar-refractivity contribution in [2.45, 2.75) is 25.7 Å². The summed E-state index contributed by atoms with van der Waals surface area (Å²) < 4.78 is 15.1. The van der Waals surface area contributed by atoms with Crippen molar-refractivity contribution in [1.29, 1.82) is 0 Å². The first-order chi connectivity index (χ1) is 15.9. The van der Waals surface area contributed by atoms with Gasteiger partial charge in [0, 0.05) is 50.5 Å². The summed E-state index contributed by atoms with van der Waals surface area (Å²) in [6.45, 7) is 4.37. The molecule has 0 radical (unpaired) electrons. The molecule has 2 amide bonds. The van der Waals surface area contributed by atoms with Crippen molar-refractivity contribution in [2.75, 3.05) is 38.0 Å². The number of pyridine rings is 1. The minimum absolute atomic E-state index is 0.00994. The van der Waals surface area contributed by atoms with E-state index < -0.39 is 0 Å². The Kier molecular flexibility index (Phi) is 5.57. The molecular formula is C24H27FN6O2. The average molecular weight is 451 g/mol. The number of nitrogens with zero attached hydrogens (tertiary/aromatic N) is 5. The van der Waals surface area contributed by atoms with Crippen LogP contribution in [0.5, 0.6) is 0 Å². The van der Waals surface area contributed by atoms with Crippen LogP contribution in [-0.4, -0.2) is 69.1 Å². The number of carbonyl (C=O) groups excluding carboxylic acids is 2. The second kappa shape index (κ2) is 8.55. The van der Waals surface area contributed by atoms with Crippen LogP contribution in [0.3, 0.4) is 0 Å². The van der Waals surface area contributed by atoms with Crippen molar-refractivity contribution in [3.05, 3.63) is 53.1 Å². The van der Waals surface area contributed by atoms with E-state index in [1.54, 1.807) is 16.8 Å². The number of amides is 2. The molecule has 172 valence electrons. The van der Waals surface area contributed by atoms with Crippen LogP contribution < -0.4 is 5.32 Å². The summed E-state index contributed by atoms with van der Waals surface area (Å²) in [6.07, 6.45) is 2.22. The fraction of sp³-hybridized carbons (Fsp3) is 0.417. The first kappa shape index (κ1) is 21.5. The van der Waals surface area contributed by atoms with Crippen LogP contribution in [0, 0.1) is 12.7 Å². The topological polar surface area (TPSA) is 83.4 Å². The van der Waals surface area contributed by atoms with Crippen molar-refractivity contribution in [3.63, 3.8) is 0 Å². The predicted molar refractivity (Wildman–Crippen MR) is 123 cm³/mol. The number of aryl methyl sites for hydroxylation is 2. The minimum Gasteiger partial charge on any atom is -0.336 e. The highest BCUT2D eigenvalue weighted by molar-refractivity contribution is 6.06. The van der Waals surface area contributed by atoms with Gasteiger partial charge in [-0.2, -0.15) is 5.10 Å². The lowest BCUT2D eigenvalue weighted by Gasteiger charge is -2.34. The van der Waals surface area contributed by atoms with Crippen molar-refractivity contribution >= 4 is 28.5 Å². The van der Waals surface area contributed by atoms with E-state index in [1.807, 2.05) is 29.8 Å². The number of hydrogen-bond donors (Lipinski definition) is 1. The molecule has 0 atom stereocenters. The molecule has 1 N–H and O–H groups in total. The molecule has 1 aromatic carbocycles. The highest BCUT2D eigenvalue weighted by Gasteiger charge is 2.31. The van der Waals surface area contributed by atoms with E-state index in [0.29, 0.717) is 43.3 Å². The SMILES string of the molecule is Cc1nn(C)c2nc(C3CC3)cc(C(=O)N3CCN(CC(=O)Nc4cccc(F)c4)CC3)c12. The zero-order valence-electron chi connectivity index (χ0n) is 18.8. The summed E-state index contributed by atoms with van der Waals surface area (Å²) in [5.41, 5.74) is 3.64. The van der Waals surface area contributed by atoms with Crippen molar-refractivity contribution in [1.82, 2.24) is 24.6 Å². The van der Waals surface area contributed by atoms with Gasteiger partial charge in [-0.3, -0.25) is 19.2 Å². The number of piperazine rings is 1. The molecule has 0 bridgehead atoms. The number of fused-ring (bicyclic) bond motifs is 1. The van der Waals surface area contributed by atoms with Gasteiger partial charge in [0.05, 0.1) is 23.2 Å². The Hall–Kier alpha value is -3.33. The molecule has 2 aliphatic rings. The highest BCUT2D eigenvalue weighted by atomic mass is 19.1. The molecule has 9 heteroatoms. The summed E-state index contributed by atoms with van der Waals surface area (Å²) in [5, 5.41) is 8.04. The monoisotopic (exact) mass is 450 g/mol. The van der Waals surface area contributed by atoms with Gasteiger partial charge in [0.2, 0.25) is 5.91 Å². The number of benzene rings is 1. The van der Waals surface area contributed by atoms with Crippen LogP contribution in [0.2, 0.25) is 0 Å². The third-order valence-electron chi connectivity index (χ3n) is 6.35. The third kappa shape index (κ3) is 4.45. The summed E-state index contributed by atoms with van der Waals surface area (Å²) >= 11 is 0. The minimum atomic E-state index is -0.390. The summed E-state index contributed by atoms with van der Waals surface area (Å²) in [4.78, 5) is 34.5. The maximum atomic E-state index is 13.5. The molecule has 8 nitrogen and oxygen atoms in total. The van der Waals surface area contributed by atoms with E-state index in [1.165, 1.54) is 12.1 Å². The Morgan fingerprint density at radius 2 is 1.91 bits per heavy atom. The number of rotatable bonds is 5. The maximum Gasteiger partial charge on any atom is 0.254 e. The molecule has 33 heavy (non-hydrogen) atoms. The van der Waals surface area contributed by atoms with Gasteiger partial charge < -0.3 is 10.2 Å². The molecule has 2 aromatic heterocycles. The van der Waals surface area contributed by atoms with E-state index >= 15 is 0 Å². The molecule has 0 unspecified atom stereocenters. The maximum absolute atomic E-state index is 13.5. The van der Waals surface area contributed by atoms with Crippen LogP contribution in [0.15, 0.2) is 30.3 Å². The fourth-order valence-corrected chi connectivity index (χ4v) is 4.47. The molecule has 1 saturated carbocycles. The molecule has 0 spiro atoms. The Bertz CT molecular complexity index is 1230. The number of hydrogen-bond acceptors (Lipinski definition) is 5. The average Bonchev–Trinajstić information content (AvgIpc) is 3.59. The van der Waals surface area contributed by atoms with Gasteiger partial charge in [-0.1, -0.05) is 6.07 Å². The lowest BCUT2D eigenvalue weighted by molar-refractivity contribution is -0.117. The van der Waals surface area contributed by atoms with Gasteiger partial charge in [0.15, 0.2) is 5.65 Å². The zero-order valence-corrected chi connectivity index (χ0v) is 18.8. The molecule has 1 saturated heterocycles. The second-order valence-electron chi connectivity index (χ2n) is 8.90. The Morgan fingerprint density at radius 3 is 2.61 bits per heavy atom. The number of carbonyl (C=O) groups is 2. The Labute approximate surface area is 191 Å². The Morgan fingerprint density at radius 1 is 1.15 bits per heavy atom. The molecule has 5 rings (SSSR count). The zero-order chi connectivity index (χ0) is 23.1. The molecular weight excluding hydrogens is 423 g/mol. The summed E-state index contributed by atoms with van der Waals surface area (Å²) in [5.74, 6) is -0.163. The summed E-state index contributed by atoms with van der Waals surface area (Å²) in [7, 11) is 1.86. The van der Waals surface area contributed by atoms with Gasteiger partial charge >= 0.3 is 0 Å². The number of aromatic nitrogens is 3. The molecule has 1 aliphatic carbocycles. The van der Waals surface area contributed by atoms with Crippen molar-refractivity contribution in [3.8, 4) is 0 Å². The normalized spacial score (nSPS) is 16.9. The van der Waals surface area contributed by atoms with Gasteiger partial charge in [0.1, 0.15) is 5.82 Å².